The second-order valence-corrected chi connectivity index (χ2v) is 4.19. The van der Waals surface area contributed by atoms with E-state index in [1.54, 1.807) is 0 Å². The van der Waals surface area contributed by atoms with Gasteiger partial charge in [-0.25, -0.2) is 0 Å². The van der Waals surface area contributed by atoms with Crippen molar-refractivity contribution >= 4 is 23.4 Å². The molecule has 1 aromatic carbocycles. The van der Waals surface area contributed by atoms with Crippen molar-refractivity contribution < 1.29 is 14.4 Å². The first kappa shape index (κ1) is 16.2. The van der Waals surface area contributed by atoms with E-state index in [1.807, 2.05) is 5.32 Å². The van der Waals surface area contributed by atoms with Gasteiger partial charge in [-0.15, -0.1) is 13.2 Å². The fourth-order valence-electron chi connectivity index (χ4n) is 1.56. The SMILES string of the molecule is C=CCN(CC=C)C(=O)C(=O)NC(=O)c1ccc(N)cc1. The first-order valence-electron chi connectivity index (χ1n) is 6.21. The zero-order chi connectivity index (χ0) is 15.8. The van der Waals surface area contributed by atoms with Crippen LogP contribution in [-0.4, -0.2) is 35.7 Å². The minimum Gasteiger partial charge on any atom is -0.399 e. The molecule has 110 valence electrons. The number of carbonyl (C=O) groups excluding carboxylic acids is 3. The first-order valence-corrected chi connectivity index (χ1v) is 6.21. The maximum Gasteiger partial charge on any atom is 0.316 e. The van der Waals surface area contributed by atoms with E-state index in [2.05, 4.69) is 13.2 Å². The van der Waals surface area contributed by atoms with Gasteiger partial charge in [-0.1, -0.05) is 12.2 Å². The molecule has 6 heteroatoms. The van der Waals surface area contributed by atoms with Crippen LogP contribution in [0, 0.1) is 0 Å². The number of nitrogen functional groups attached to an aromatic ring is 1. The fraction of sp³-hybridized carbons (Fsp3) is 0.133. The van der Waals surface area contributed by atoms with Crippen LogP contribution in [0.3, 0.4) is 0 Å². The minimum atomic E-state index is -1.000. The molecule has 0 saturated carbocycles. The van der Waals surface area contributed by atoms with Gasteiger partial charge in [0.15, 0.2) is 0 Å². The van der Waals surface area contributed by atoms with Crippen molar-refractivity contribution in [2.45, 2.75) is 0 Å². The molecule has 0 atom stereocenters. The predicted molar refractivity (Wildman–Crippen MR) is 80.3 cm³/mol. The van der Waals surface area contributed by atoms with E-state index in [0.29, 0.717) is 5.69 Å². The van der Waals surface area contributed by atoms with E-state index >= 15 is 0 Å². The molecule has 0 saturated heterocycles. The topological polar surface area (TPSA) is 92.5 Å². The van der Waals surface area contributed by atoms with Gasteiger partial charge in [-0.05, 0) is 24.3 Å². The number of hydrogen-bond acceptors (Lipinski definition) is 4. The summed E-state index contributed by atoms with van der Waals surface area (Å²) in [4.78, 5) is 36.7. The Bertz CT molecular complexity index is 554. The van der Waals surface area contributed by atoms with Crippen LogP contribution in [0.4, 0.5) is 5.69 Å². The van der Waals surface area contributed by atoms with Crippen LogP contribution < -0.4 is 11.1 Å². The van der Waals surface area contributed by atoms with Crippen molar-refractivity contribution in [2.75, 3.05) is 18.8 Å². The Morgan fingerprint density at radius 2 is 1.62 bits per heavy atom. The number of amides is 3. The summed E-state index contributed by atoms with van der Waals surface area (Å²) in [6.45, 7) is 7.38. The predicted octanol–water partition coefficient (Wildman–Crippen LogP) is 0.726. The number of rotatable bonds is 5. The number of nitrogens with two attached hydrogens (primary N) is 1. The molecule has 0 spiro atoms. The average molecular weight is 287 g/mol. The normalized spacial score (nSPS) is 9.52. The van der Waals surface area contributed by atoms with Gasteiger partial charge in [0.1, 0.15) is 0 Å². The zero-order valence-electron chi connectivity index (χ0n) is 11.5. The van der Waals surface area contributed by atoms with Crippen molar-refractivity contribution in [1.29, 1.82) is 0 Å². The Morgan fingerprint density at radius 3 is 2.10 bits per heavy atom. The summed E-state index contributed by atoms with van der Waals surface area (Å²) < 4.78 is 0. The van der Waals surface area contributed by atoms with Crippen LogP contribution in [0.5, 0.6) is 0 Å². The maximum absolute atomic E-state index is 11.9. The second-order valence-electron chi connectivity index (χ2n) is 4.19. The Morgan fingerprint density at radius 1 is 1.10 bits per heavy atom. The molecule has 3 N–H and O–H groups in total. The molecule has 1 aromatic rings. The number of nitrogens with one attached hydrogen (secondary N) is 1. The van der Waals surface area contributed by atoms with Crippen LogP contribution in [0.15, 0.2) is 49.6 Å². The van der Waals surface area contributed by atoms with Crippen molar-refractivity contribution in [3.05, 3.63) is 55.1 Å². The lowest BCUT2D eigenvalue weighted by atomic mass is 10.2. The Kier molecular flexibility index (Phi) is 5.88. The number of hydrogen-bond donors (Lipinski definition) is 2. The molecule has 0 radical (unpaired) electrons. The third kappa shape index (κ3) is 4.61. The highest BCUT2D eigenvalue weighted by molar-refractivity contribution is 6.38. The molecule has 21 heavy (non-hydrogen) atoms. The number of carbonyl (C=O) groups is 3. The Labute approximate surface area is 122 Å². The lowest BCUT2D eigenvalue weighted by Crippen LogP contribution is -2.45. The number of nitrogens with zero attached hydrogens (tertiary/aromatic N) is 1. The van der Waals surface area contributed by atoms with Gasteiger partial charge < -0.3 is 10.6 Å². The molecule has 0 fully saturated rings. The summed E-state index contributed by atoms with van der Waals surface area (Å²) in [7, 11) is 0. The van der Waals surface area contributed by atoms with Gasteiger partial charge in [-0.2, -0.15) is 0 Å². The van der Waals surface area contributed by atoms with Crippen LogP contribution in [-0.2, 0) is 9.59 Å². The first-order chi connectivity index (χ1) is 9.99. The molecule has 0 aromatic heterocycles. The van der Waals surface area contributed by atoms with E-state index in [1.165, 1.54) is 41.3 Å². The van der Waals surface area contributed by atoms with E-state index in [0.717, 1.165) is 0 Å². The fourth-order valence-corrected chi connectivity index (χ4v) is 1.56. The van der Waals surface area contributed by atoms with Crippen molar-refractivity contribution in [3.8, 4) is 0 Å². The van der Waals surface area contributed by atoms with Gasteiger partial charge in [0.25, 0.3) is 5.91 Å². The summed E-state index contributed by atoms with van der Waals surface area (Å²) in [5.41, 5.74) is 6.24. The zero-order valence-corrected chi connectivity index (χ0v) is 11.5. The third-order valence-corrected chi connectivity index (χ3v) is 2.58. The molecule has 0 aliphatic carbocycles. The molecule has 0 unspecified atom stereocenters. The highest BCUT2D eigenvalue weighted by Gasteiger charge is 2.22. The third-order valence-electron chi connectivity index (χ3n) is 2.58. The molecule has 0 heterocycles. The molecule has 0 aliphatic heterocycles. The van der Waals surface area contributed by atoms with Crippen LogP contribution >= 0.6 is 0 Å². The quantitative estimate of drug-likeness (QED) is 0.474. The van der Waals surface area contributed by atoms with Crippen LogP contribution in [0.1, 0.15) is 10.4 Å². The van der Waals surface area contributed by atoms with Gasteiger partial charge in [0.05, 0.1) is 0 Å². The monoisotopic (exact) mass is 287 g/mol. The summed E-state index contributed by atoms with van der Waals surface area (Å²) >= 11 is 0. The van der Waals surface area contributed by atoms with Gasteiger partial charge >= 0.3 is 11.8 Å². The average Bonchev–Trinajstić information content (AvgIpc) is 2.46. The summed E-state index contributed by atoms with van der Waals surface area (Å²) in [6.07, 6.45) is 2.97. The molecule has 0 aliphatic rings. The highest BCUT2D eigenvalue weighted by atomic mass is 16.2. The van der Waals surface area contributed by atoms with E-state index < -0.39 is 17.7 Å². The molecule has 1 rings (SSSR count). The Balaban J connectivity index is 2.72. The molecule has 3 amide bonds. The highest BCUT2D eigenvalue weighted by Crippen LogP contribution is 2.05. The largest absolute Gasteiger partial charge is 0.399 e. The number of anilines is 1. The van der Waals surface area contributed by atoms with Gasteiger partial charge in [0.2, 0.25) is 0 Å². The van der Waals surface area contributed by atoms with Crippen LogP contribution in [0.2, 0.25) is 0 Å². The number of benzene rings is 1. The molecule has 0 bridgehead atoms. The number of imide groups is 1. The summed E-state index contributed by atoms with van der Waals surface area (Å²) in [5, 5.41) is 2.03. The van der Waals surface area contributed by atoms with E-state index in [9.17, 15) is 14.4 Å². The van der Waals surface area contributed by atoms with Crippen molar-refractivity contribution in [1.82, 2.24) is 10.2 Å². The maximum atomic E-state index is 11.9. The van der Waals surface area contributed by atoms with Gasteiger partial charge in [-0.3, -0.25) is 19.7 Å². The van der Waals surface area contributed by atoms with Crippen LogP contribution in [0.25, 0.3) is 0 Å². The summed E-state index contributed by atoms with van der Waals surface area (Å²) in [5.74, 6) is -2.48. The standard InChI is InChI=1S/C15H17N3O3/c1-3-9-18(10-4-2)15(21)14(20)17-13(19)11-5-7-12(16)8-6-11/h3-8H,1-2,9-10,16H2,(H,17,19,20). The van der Waals surface area contributed by atoms with E-state index in [-0.39, 0.29) is 18.7 Å². The second kappa shape index (κ2) is 7.64. The molecule has 6 nitrogen and oxygen atoms in total. The minimum absolute atomic E-state index is 0.189. The van der Waals surface area contributed by atoms with E-state index in [4.69, 9.17) is 5.73 Å². The molecular formula is C15H17N3O3. The van der Waals surface area contributed by atoms with Crippen molar-refractivity contribution in [2.24, 2.45) is 0 Å². The smallest absolute Gasteiger partial charge is 0.316 e. The van der Waals surface area contributed by atoms with Crippen molar-refractivity contribution in [3.63, 3.8) is 0 Å². The lowest BCUT2D eigenvalue weighted by molar-refractivity contribution is -0.144. The molecular weight excluding hydrogens is 270 g/mol. The lowest BCUT2D eigenvalue weighted by Gasteiger charge is -2.18. The Hall–Kier alpha value is -2.89. The summed E-state index contributed by atoms with van der Waals surface area (Å²) in [6, 6.07) is 5.99. The van der Waals surface area contributed by atoms with Gasteiger partial charge in [0, 0.05) is 24.3 Å².